The predicted octanol–water partition coefficient (Wildman–Crippen LogP) is 4.42. The maximum atomic E-state index is 12.9. The molecule has 4 heterocycles. The minimum absolute atomic E-state index is 0.0596. The van der Waals surface area contributed by atoms with Crippen molar-refractivity contribution in [3.63, 3.8) is 0 Å². The van der Waals surface area contributed by atoms with Gasteiger partial charge in [0.05, 0.1) is 29.7 Å². The lowest BCUT2D eigenvalue weighted by molar-refractivity contribution is -0.0400. The first kappa shape index (κ1) is 22.2. The molecule has 1 aromatic carbocycles. The Hall–Kier alpha value is -3.63. The minimum Gasteiger partial charge on any atom is -0.459 e. The molecule has 174 valence electrons. The number of carbonyl (C=O) groups is 1. The summed E-state index contributed by atoms with van der Waals surface area (Å²) in [5.41, 5.74) is 4.14. The summed E-state index contributed by atoms with van der Waals surface area (Å²) in [5.74, 6) is 0.924. The number of hydrogen-bond donors (Lipinski definition) is 0. The average molecular weight is 457 g/mol. The van der Waals surface area contributed by atoms with Crippen LogP contribution in [0.5, 0.6) is 0 Å². The van der Waals surface area contributed by atoms with Crippen molar-refractivity contribution in [3.05, 3.63) is 71.2 Å². The lowest BCUT2D eigenvalue weighted by Crippen LogP contribution is -2.54. The molecule has 2 aliphatic rings. The molecule has 0 N–H and O–H groups in total. The van der Waals surface area contributed by atoms with Gasteiger partial charge in [-0.15, -0.1) is 0 Å². The van der Waals surface area contributed by atoms with Crippen molar-refractivity contribution in [3.8, 4) is 17.3 Å². The van der Waals surface area contributed by atoms with Crippen molar-refractivity contribution in [1.29, 1.82) is 5.26 Å². The number of amides is 1. The topological polar surface area (TPSA) is 82.6 Å². The molecule has 1 saturated heterocycles. The van der Waals surface area contributed by atoms with Crippen molar-refractivity contribution < 1.29 is 13.9 Å². The number of pyridine rings is 1. The Balaban J connectivity index is 1.54. The molecule has 3 aromatic rings. The van der Waals surface area contributed by atoms with Crippen LogP contribution in [-0.4, -0.2) is 47.1 Å². The van der Waals surface area contributed by atoms with Crippen molar-refractivity contribution in [1.82, 2.24) is 9.88 Å². The number of piperazine rings is 1. The van der Waals surface area contributed by atoms with Gasteiger partial charge in [0, 0.05) is 43.2 Å². The van der Waals surface area contributed by atoms with Crippen LogP contribution < -0.4 is 4.90 Å². The van der Waals surface area contributed by atoms with Gasteiger partial charge in [-0.3, -0.25) is 4.79 Å². The lowest BCUT2D eigenvalue weighted by Gasteiger charge is -2.41. The maximum Gasteiger partial charge on any atom is 0.289 e. The molecule has 1 unspecified atom stereocenters. The van der Waals surface area contributed by atoms with Gasteiger partial charge in [0.1, 0.15) is 11.9 Å². The van der Waals surface area contributed by atoms with E-state index < -0.39 is 0 Å². The van der Waals surface area contributed by atoms with E-state index in [9.17, 15) is 10.1 Å². The van der Waals surface area contributed by atoms with Gasteiger partial charge in [0.15, 0.2) is 5.76 Å². The number of rotatable bonds is 3. The molecule has 5 rings (SSSR count). The molecule has 0 saturated carbocycles. The van der Waals surface area contributed by atoms with Crippen LogP contribution in [0, 0.1) is 11.3 Å². The lowest BCUT2D eigenvalue weighted by atomic mass is 9.86. The molecule has 0 bridgehead atoms. The van der Waals surface area contributed by atoms with Gasteiger partial charge >= 0.3 is 0 Å². The Labute approximate surface area is 199 Å². The first-order valence-corrected chi connectivity index (χ1v) is 11.6. The molecular weight excluding hydrogens is 428 g/mol. The number of aromatic nitrogens is 1. The van der Waals surface area contributed by atoms with Gasteiger partial charge in [-0.25, -0.2) is 4.98 Å². The maximum absolute atomic E-state index is 12.9. The fourth-order valence-electron chi connectivity index (χ4n) is 4.93. The Morgan fingerprint density at radius 1 is 1.15 bits per heavy atom. The molecule has 34 heavy (non-hydrogen) atoms. The summed E-state index contributed by atoms with van der Waals surface area (Å²) in [6, 6.07) is 15.9. The molecule has 7 heteroatoms. The number of carbonyl (C=O) groups excluding carboxylic acids is 1. The summed E-state index contributed by atoms with van der Waals surface area (Å²) in [6.45, 7) is 8.26. The van der Waals surface area contributed by atoms with Gasteiger partial charge in [-0.2, -0.15) is 5.26 Å². The van der Waals surface area contributed by atoms with Crippen LogP contribution in [0.1, 0.15) is 48.0 Å². The third-order valence-electron chi connectivity index (χ3n) is 6.68. The Morgan fingerprint density at radius 3 is 2.62 bits per heavy atom. The van der Waals surface area contributed by atoms with E-state index in [0.717, 1.165) is 22.4 Å². The van der Waals surface area contributed by atoms with Gasteiger partial charge < -0.3 is 19.0 Å². The average Bonchev–Trinajstić information content (AvgIpc) is 3.37. The van der Waals surface area contributed by atoms with Gasteiger partial charge in [-0.1, -0.05) is 30.3 Å². The Kier molecular flexibility index (Phi) is 5.62. The zero-order valence-corrected chi connectivity index (χ0v) is 19.7. The zero-order chi connectivity index (χ0) is 23.9. The second-order valence-electron chi connectivity index (χ2n) is 9.59. The first-order valence-electron chi connectivity index (χ1n) is 11.6. The van der Waals surface area contributed by atoms with Crippen LogP contribution in [0.15, 0.2) is 53.1 Å². The van der Waals surface area contributed by atoms with Crippen LogP contribution in [-0.2, 0) is 17.8 Å². The van der Waals surface area contributed by atoms with Crippen LogP contribution in [0.4, 0.5) is 5.82 Å². The fraction of sp³-hybridized carbons (Fsp3) is 0.370. The fourth-order valence-corrected chi connectivity index (χ4v) is 4.93. The molecular formula is C27H28N4O3. The summed E-state index contributed by atoms with van der Waals surface area (Å²) < 4.78 is 11.4. The van der Waals surface area contributed by atoms with E-state index in [-0.39, 0.29) is 17.6 Å². The number of ether oxygens (including phenoxy) is 1. The van der Waals surface area contributed by atoms with E-state index in [4.69, 9.17) is 14.1 Å². The van der Waals surface area contributed by atoms with Crippen LogP contribution >= 0.6 is 0 Å². The quantitative estimate of drug-likeness (QED) is 0.580. The van der Waals surface area contributed by atoms with Crippen molar-refractivity contribution in [2.75, 3.05) is 24.5 Å². The Morgan fingerprint density at radius 2 is 1.94 bits per heavy atom. The standard InChI is InChI=1S/C27H28N4O3/c1-18-16-30(11-12-31(18)26(32)23-10-7-13-33-23)25-21(15-28)20-14-27(2,3)34-17-22(20)24(29-25)19-8-5-4-6-9-19/h4-10,13,18H,11-12,14,16-17H2,1-3H3. The van der Waals surface area contributed by atoms with Gasteiger partial charge in [0.2, 0.25) is 0 Å². The summed E-state index contributed by atoms with van der Waals surface area (Å²) in [6.07, 6.45) is 2.16. The highest BCUT2D eigenvalue weighted by molar-refractivity contribution is 5.92. The Bertz CT molecular complexity index is 1250. The van der Waals surface area contributed by atoms with E-state index >= 15 is 0 Å². The van der Waals surface area contributed by atoms with Gasteiger partial charge in [0.25, 0.3) is 5.91 Å². The molecule has 1 amide bonds. The summed E-state index contributed by atoms with van der Waals surface area (Å²) in [5, 5.41) is 10.2. The molecule has 2 aromatic heterocycles. The van der Waals surface area contributed by atoms with Crippen LogP contribution in [0.25, 0.3) is 11.3 Å². The summed E-state index contributed by atoms with van der Waals surface area (Å²) in [4.78, 5) is 21.9. The van der Waals surface area contributed by atoms with Crippen LogP contribution in [0.2, 0.25) is 0 Å². The molecule has 2 aliphatic heterocycles. The largest absolute Gasteiger partial charge is 0.459 e. The van der Waals surface area contributed by atoms with Crippen LogP contribution in [0.3, 0.4) is 0 Å². The number of benzene rings is 1. The minimum atomic E-state index is -0.355. The molecule has 0 spiro atoms. The number of nitriles is 1. The highest BCUT2D eigenvalue weighted by Crippen LogP contribution is 2.39. The molecule has 0 aliphatic carbocycles. The number of nitrogens with zero attached hydrogens (tertiary/aromatic N) is 4. The number of hydrogen-bond acceptors (Lipinski definition) is 6. The monoisotopic (exact) mass is 456 g/mol. The third kappa shape index (κ3) is 3.95. The number of furan rings is 1. The third-order valence-corrected chi connectivity index (χ3v) is 6.68. The van der Waals surface area contributed by atoms with E-state index in [0.29, 0.717) is 49.8 Å². The molecule has 1 atom stereocenters. The smallest absolute Gasteiger partial charge is 0.289 e. The highest BCUT2D eigenvalue weighted by atomic mass is 16.5. The second kappa shape index (κ2) is 8.62. The zero-order valence-electron chi connectivity index (χ0n) is 19.7. The van der Waals surface area contributed by atoms with E-state index in [1.165, 1.54) is 6.26 Å². The SMILES string of the molecule is CC1CN(c2nc(-c3ccccc3)c3c(c2C#N)CC(C)(C)OC3)CCN1C(=O)c1ccco1. The molecule has 7 nitrogen and oxygen atoms in total. The normalized spacial score (nSPS) is 19.4. The number of fused-ring (bicyclic) bond motifs is 1. The second-order valence-corrected chi connectivity index (χ2v) is 9.59. The van der Waals surface area contributed by atoms with Crippen molar-refractivity contribution in [2.45, 2.75) is 45.4 Å². The molecule has 0 radical (unpaired) electrons. The van der Waals surface area contributed by atoms with E-state index in [1.807, 2.05) is 42.2 Å². The van der Waals surface area contributed by atoms with Crippen molar-refractivity contribution >= 4 is 11.7 Å². The number of anilines is 1. The van der Waals surface area contributed by atoms with Gasteiger partial charge in [-0.05, 0) is 38.5 Å². The summed E-state index contributed by atoms with van der Waals surface area (Å²) >= 11 is 0. The van der Waals surface area contributed by atoms with E-state index in [1.54, 1.807) is 12.1 Å². The van der Waals surface area contributed by atoms with Crippen molar-refractivity contribution in [2.24, 2.45) is 0 Å². The molecule has 1 fully saturated rings. The summed E-state index contributed by atoms with van der Waals surface area (Å²) in [7, 11) is 0. The predicted molar refractivity (Wildman–Crippen MR) is 128 cm³/mol. The van der Waals surface area contributed by atoms with E-state index in [2.05, 4.69) is 24.8 Å². The highest BCUT2D eigenvalue weighted by Gasteiger charge is 2.35. The first-order chi connectivity index (χ1) is 16.4.